The van der Waals surface area contributed by atoms with Gasteiger partial charge in [-0.15, -0.1) is 0 Å². The van der Waals surface area contributed by atoms with Crippen LogP contribution in [-0.2, 0) is 21.4 Å². The molecule has 9 heteroatoms. The van der Waals surface area contributed by atoms with E-state index in [1.54, 1.807) is 25.2 Å². The Morgan fingerprint density at radius 3 is 2.45 bits per heavy atom. The van der Waals surface area contributed by atoms with Crippen molar-refractivity contribution in [2.75, 3.05) is 32.0 Å². The third-order valence-electron chi connectivity index (χ3n) is 4.84. The number of hydrogen-bond acceptors (Lipinski definition) is 3. The second-order valence-corrected chi connectivity index (χ2v) is 9.54. The molecule has 1 atom stereocenters. The summed E-state index contributed by atoms with van der Waals surface area (Å²) in [6, 6.07) is 10.6. The zero-order valence-electron chi connectivity index (χ0n) is 16.1. The van der Waals surface area contributed by atoms with Gasteiger partial charge in [0.15, 0.2) is 6.54 Å². The van der Waals surface area contributed by atoms with Crippen molar-refractivity contribution in [1.29, 1.82) is 0 Å². The zero-order valence-corrected chi connectivity index (χ0v) is 17.7. The molecular formula is C20H24ClFN3O3S+. The summed E-state index contributed by atoms with van der Waals surface area (Å²) in [7, 11) is -1.71. The summed E-state index contributed by atoms with van der Waals surface area (Å²) in [5.74, 6) is -0.655. The largest absolute Gasteiger partial charge is 0.326 e. The fourth-order valence-electron chi connectivity index (χ4n) is 3.33. The molecule has 1 amide bonds. The van der Waals surface area contributed by atoms with Crippen LogP contribution in [0.25, 0.3) is 0 Å². The van der Waals surface area contributed by atoms with Gasteiger partial charge < -0.3 is 10.2 Å². The number of quaternary nitrogens is 1. The minimum absolute atomic E-state index is 0.110. The van der Waals surface area contributed by atoms with Gasteiger partial charge in [-0.25, -0.2) is 12.8 Å². The SMILES string of the molecule is C[NH+](CC(=O)Nc1ccc(S(=O)(=O)N2CCCC2)cc1)Cc1c(F)cccc1Cl. The highest BCUT2D eigenvalue weighted by Gasteiger charge is 2.27. The summed E-state index contributed by atoms with van der Waals surface area (Å²) in [6.07, 6.45) is 1.75. The van der Waals surface area contributed by atoms with Crippen molar-refractivity contribution in [1.82, 2.24) is 4.31 Å². The van der Waals surface area contributed by atoms with Gasteiger partial charge in [-0.3, -0.25) is 4.79 Å². The molecule has 1 aliphatic rings. The molecule has 1 unspecified atom stereocenters. The number of benzene rings is 2. The van der Waals surface area contributed by atoms with Crippen LogP contribution in [0.4, 0.5) is 10.1 Å². The Balaban J connectivity index is 1.58. The van der Waals surface area contributed by atoms with Gasteiger partial charge in [0.25, 0.3) is 5.91 Å². The molecule has 2 aromatic rings. The number of carbonyl (C=O) groups is 1. The van der Waals surface area contributed by atoms with Crippen molar-refractivity contribution in [3.63, 3.8) is 0 Å². The fraction of sp³-hybridized carbons (Fsp3) is 0.350. The maximum absolute atomic E-state index is 13.9. The summed E-state index contributed by atoms with van der Waals surface area (Å²) in [6.45, 7) is 1.47. The van der Waals surface area contributed by atoms with Crippen molar-refractivity contribution in [3.8, 4) is 0 Å². The van der Waals surface area contributed by atoms with Crippen LogP contribution in [0, 0.1) is 5.82 Å². The Hall–Kier alpha value is -2.00. The van der Waals surface area contributed by atoms with E-state index in [2.05, 4.69) is 5.32 Å². The molecule has 0 aliphatic carbocycles. The Bertz CT molecular complexity index is 957. The van der Waals surface area contributed by atoms with Gasteiger partial charge in [0, 0.05) is 18.8 Å². The first-order valence-electron chi connectivity index (χ1n) is 9.41. The molecule has 0 spiro atoms. The first-order chi connectivity index (χ1) is 13.8. The Kier molecular flexibility index (Phi) is 6.89. The van der Waals surface area contributed by atoms with Crippen molar-refractivity contribution >= 4 is 33.2 Å². The quantitative estimate of drug-likeness (QED) is 0.691. The van der Waals surface area contributed by atoms with Gasteiger partial charge >= 0.3 is 0 Å². The molecule has 0 bridgehead atoms. The van der Waals surface area contributed by atoms with E-state index >= 15 is 0 Å². The molecule has 29 heavy (non-hydrogen) atoms. The standard InChI is InChI=1S/C20H23ClFN3O3S/c1-24(13-17-18(21)5-4-6-19(17)22)14-20(26)23-15-7-9-16(10-8-15)29(27,28)25-11-2-3-12-25/h4-10H,2-3,11-14H2,1H3,(H,23,26)/p+1. The van der Waals surface area contributed by atoms with E-state index in [0.717, 1.165) is 17.7 Å². The van der Waals surface area contributed by atoms with E-state index in [1.165, 1.54) is 28.6 Å². The van der Waals surface area contributed by atoms with Crippen molar-refractivity contribution in [2.24, 2.45) is 0 Å². The number of halogens is 2. The predicted octanol–water partition coefficient (Wildman–Crippen LogP) is 1.92. The van der Waals surface area contributed by atoms with Crippen LogP contribution in [0.15, 0.2) is 47.4 Å². The predicted molar refractivity (Wildman–Crippen MR) is 110 cm³/mol. The molecular weight excluding hydrogens is 417 g/mol. The van der Waals surface area contributed by atoms with Gasteiger partial charge in [0.2, 0.25) is 10.0 Å². The number of hydrogen-bond donors (Lipinski definition) is 2. The van der Waals surface area contributed by atoms with E-state index in [9.17, 15) is 17.6 Å². The molecule has 2 aromatic carbocycles. The second-order valence-electron chi connectivity index (χ2n) is 7.19. The molecule has 2 N–H and O–H groups in total. The topological polar surface area (TPSA) is 70.9 Å². The normalized spacial score (nSPS) is 16.0. The molecule has 0 saturated carbocycles. The van der Waals surface area contributed by atoms with Crippen LogP contribution in [0.3, 0.4) is 0 Å². The summed E-state index contributed by atoms with van der Waals surface area (Å²) < 4.78 is 40.4. The molecule has 0 aromatic heterocycles. The summed E-state index contributed by atoms with van der Waals surface area (Å²) >= 11 is 6.03. The van der Waals surface area contributed by atoms with Gasteiger partial charge in [-0.2, -0.15) is 4.31 Å². The van der Waals surface area contributed by atoms with E-state index in [0.29, 0.717) is 29.4 Å². The van der Waals surface area contributed by atoms with Crippen LogP contribution in [0.5, 0.6) is 0 Å². The molecule has 3 rings (SSSR count). The smallest absolute Gasteiger partial charge is 0.279 e. The lowest BCUT2D eigenvalue weighted by molar-refractivity contribution is -0.885. The molecule has 1 saturated heterocycles. The Morgan fingerprint density at radius 2 is 1.83 bits per heavy atom. The number of nitrogens with one attached hydrogen (secondary N) is 2. The maximum Gasteiger partial charge on any atom is 0.279 e. The third kappa shape index (κ3) is 5.33. The molecule has 1 fully saturated rings. The first kappa shape index (κ1) is 21.7. The van der Waals surface area contributed by atoms with Gasteiger partial charge in [-0.1, -0.05) is 17.7 Å². The highest BCUT2D eigenvalue weighted by molar-refractivity contribution is 7.89. The monoisotopic (exact) mass is 440 g/mol. The Labute approximate surface area is 175 Å². The summed E-state index contributed by atoms with van der Waals surface area (Å²) in [5, 5.41) is 3.07. The first-order valence-corrected chi connectivity index (χ1v) is 11.2. The highest BCUT2D eigenvalue weighted by atomic mass is 35.5. The average molecular weight is 441 g/mol. The number of nitrogens with zero attached hydrogens (tertiary/aromatic N) is 1. The lowest BCUT2D eigenvalue weighted by Gasteiger charge is -2.16. The number of anilines is 1. The number of carbonyl (C=O) groups excluding carboxylic acids is 1. The van der Waals surface area contributed by atoms with Crippen LogP contribution in [-0.4, -0.2) is 45.3 Å². The van der Waals surface area contributed by atoms with Gasteiger partial charge in [0.05, 0.1) is 22.5 Å². The minimum Gasteiger partial charge on any atom is -0.326 e. The third-order valence-corrected chi connectivity index (χ3v) is 7.11. The van der Waals surface area contributed by atoms with Crippen LogP contribution < -0.4 is 10.2 Å². The molecule has 156 valence electrons. The number of sulfonamides is 1. The molecule has 0 radical (unpaired) electrons. The Morgan fingerprint density at radius 1 is 1.17 bits per heavy atom. The maximum atomic E-state index is 13.9. The summed E-state index contributed by atoms with van der Waals surface area (Å²) in [4.78, 5) is 13.3. The van der Waals surface area contributed by atoms with Crippen LogP contribution in [0.2, 0.25) is 5.02 Å². The van der Waals surface area contributed by atoms with E-state index < -0.39 is 15.8 Å². The zero-order chi connectivity index (χ0) is 21.0. The van der Waals surface area contributed by atoms with Crippen molar-refractivity contribution in [3.05, 3.63) is 58.9 Å². The minimum atomic E-state index is -3.48. The average Bonchev–Trinajstić information content (AvgIpc) is 3.21. The summed E-state index contributed by atoms with van der Waals surface area (Å²) in [5.41, 5.74) is 0.878. The van der Waals surface area contributed by atoms with E-state index in [1.807, 2.05) is 0 Å². The second kappa shape index (κ2) is 9.21. The van der Waals surface area contributed by atoms with Crippen LogP contribution in [0.1, 0.15) is 18.4 Å². The number of likely N-dealkylation sites (N-methyl/N-ethyl adjacent to an activating group) is 1. The van der Waals surface area contributed by atoms with Gasteiger partial charge in [0.1, 0.15) is 12.4 Å². The lowest BCUT2D eigenvalue weighted by Crippen LogP contribution is -3.08. The molecule has 1 aliphatic heterocycles. The van der Waals surface area contributed by atoms with Crippen LogP contribution >= 0.6 is 11.6 Å². The lowest BCUT2D eigenvalue weighted by atomic mass is 10.2. The van der Waals surface area contributed by atoms with E-state index in [4.69, 9.17) is 11.6 Å². The highest BCUT2D eigenvalue weighted by Crippen LogP contribution is 2.22. The van der Waals surface area contributed by atoms with Gasteiger partial charge in [-0.05, 0) is 49.2 Å². The van der Waals surface area contributed by atoms with E-state index in [-0.39, 0.29) is 23.9 Å². The fourth-order valence-corrected chi connectivity index (χ4v) is 5.08. The van der Waals surface area contributed by atoms with Crippen molar-refractivity contribution < 1.29 is 22.5 Å². The van der Waals surface area contributed by atoms with Crippen molar-refractivity contribution in [2.45, 2.75) is 24.3 Å². The molecule has 6 nitrogen and oxygen atoms in total. The molecule has 1 heterocycles. The number of rotatable bonds is 7. The number of amides is 1.